The fourth-order valence-electron chi connectivity index (χ4n) is 3.97. The Morgan fingerprint density at radius 2 is 1.89 bits per heavy atom. The average molecular weight is 550 g/mol. The van der Waals surface area contributed by atoms with E-state index in [0.717, 1.165) is 0 Å². The number of likely N-dealkylation sites (tertiary alicyclic amines) is 1. The maximum absolute atomic E-state index is 12.9. The Kier molecular flexibility index (Phi) is 10.7. The molecule has 0 spiro atoms. The van der Waals surface area contributed by atoms with E-state index in [0.29, 0.717) is 37.4 Å². The number of aromatic nitrogens is 1. The first-order valence-corrected chi connectivity index (χ1v) is 12.3. The molecule has 0 bridgehead atoms. The minimum Gasteiger partial charge on any atom is -0.480 e. The Labute approximate surface area is 225 Å². The number of piperidine rings is 1. The smallest absolute Gasteiger partial charge is 0.338 e. The van der Waals surface area contributed by atoms with Crippen molar-refractivity contribution in [3.63, 3.8) is 0 Å². The molecule has 0 aliphatic carbocycles. The maximum atomic E-state index is 12.9. The highest BCUT2D eigenvalue weighted by molar-refractivity contribution is 6.33. The van der Waals surface area contributed by atoms with Gasteiger partial charge in [0.15, 0.2) is 0 Å². The highest BCUT2D eigenvalue weighted by Gasteiger charge is 2.32. The summed E-state index contributed by atoms with van der Waals surface area (Å²) in [5.41, 5.74) is 6.79. The van der Waals surface area contributed by atoms with Crippen molar-refractivity contribution in [3.8, 4) is 5.88 Å². The monoisotopic (exact) mass is 549 g/mol. The van der Waals surface area contributed by atoms with Gasteiger partial charge in [-0.1, -0.05) is 11.6 Å². The summed E-state index contributed by atoms with van der Waals surface area (Å²) in [6, 6.07) is 7.55. The molecule has 1 saturated heterocycles. The number of methoxy groups -OCH3 is 3. The molecule has 2 amide bonds. The van der Waals surface area contributed by atoms with Gasteiger partial charge in [0.1, 0.15) is 18.0 Å². The number of carbonyl (C=O) groups is 3. The largest absolute Gasteiger partial charge is 0.480 e. The van der Waals surface area contributed by atoms with Crippen molar-refractivity contribution in [2.24, 2.45) is 0 Å². The molecule has 38 heavy (non-hydrogen) atoms. The van der Waals surface area contributed by atoms with Crippen molar-refractivity contribution in [1.29, 1.82) is 0 Å². The number of hydrogen-bond acceptors (Lipinski definition) is 10. The van der Waals surface area contributed by atoms with Crippen LogP contribution in [0.1, 0.15) is 27.1 Å². The number of amides is 2. The lowest BCUT2D eigenvalue weighted by Gasteiger charge is -2.37. The lowest BCUT2D eigenvalue weighted by atomic mass is 10.0. The number of nitrogens with zero attached hydrogens (tertiary/aromatic N) is 2. The first-order chi connectivity index (χ1) is 18.2. The highest BCUT2D eigenvalue weighted by atomic mass is 35.5. The number of ether oxygens (including phenoxy) is 4. The zero-order chi connectivity index (χ0) is 27.7. The van der Waals surface area contributed by atoms with Crippen molar-refractivity contribution in [1.82, 2.24) is 15.2 Å². The van der Waals surface area contributed by atoms with Gasteiger partial charge in [-0.3, -0.25) is 14.5 Å². The molecule has 12 nitrogen and oxygen atoms in total. The molecule has 2 aromatic rings. The van der Waals surface area contributed by atoms with Gasteiger partial charge >= 0.3 is 5.97 Å². The molecule has 1 aliphatic rings. The molecule has 1 fully saturated rings. The van der Waals surface area contributed by atoms with E-state index in [4.69, 9.17) is 36.3 Å². The van der Waals surface area contributed by atoms with E-state index >= 15 is 0 Å². The third-order valence-electron chi connectivity index (χ3n) is 5.96. The summed E-state index contributed by atoms with van der Waals surface area (Å²) in [5, 5.41) is 5.92. The van der Waals surface area contributed by atoms with Crippen LogP contribution >= 0.6 is 11.6 Å². The van der Waals surface area contributed by atoms with Gasteiger partial charge in [0.25, 0.3) is 5.91 Å². The van der Waals surface area contributed by atoms with Crippen molar-refractivity contribution >= 4 is 40.9 Å². The highest BCUT2D eigenvalue weighted by Crippen LogP contribution is 2.25. The van der Waals surface area contributed by atoms with Crippen molar-refractivity contribution in [2.45, 2.75) is 18.6 Å². The Morgan fingerprint density at radius 3 is 2.55 bits per heavy atom. The van der Waals surface area contributed by atoms with Crippen LogP contribution in [-0.2, 0) is 19.0 Å². The van der Waals surface area contributed by atoms with Crippen LogP contribution < -0.4 is 21.1 Å². The number of rotatable bonds is 11. The first kappa shape index (κ1) is 29.1. The number of nitrogens with two attached hydrogens (primary N) is 1. The number of anilines is 2. The normalized spacial score (nSPS) is 17.5. The standard InChI is InChI=1S/C25H32ClN5O7/c1-35-10-11-38-25(34)15-4-6-16(7-5-15)28-21(32)14-31-9-8-19(20(13-31)36-2)29-23(33)17-12-18(26)22(27)30-24(17)37-3/h4-7,12,19-20H,8-11,13-14H2,1-3H3,(H2,27,30)(H,28,32)(H,29,33)/t19-,20+/m1/s1. The summed E-state index contributed by atoms with van der Waals surface area (Å²) < 4.78 is 20.7. The molecule has 2 heterocycles. The molecule has 0 saturated carbocycles. The maximum Gasteiger partial charge on any atom is 0.338 e. The number of nitrogen functional groups attached to an aromatic ring is 1. The predicted molar refractivity (Wildman–Crippen MR) is 141 cm³/mol. The Balaban J connectivity index is 1.52. The Morgan fingerprint density at radius 1 is 1.16 bits per heavy atom. The van der Waals surface area contributed by atoms with Gasteiger partial charge in [0.05, 0.1) is 43.0 Å². The fourth-order valence-corrected chi connectivity index (χ4v) is 4.12. The first-order valence-electron chi connectivity index (χ1n) is 11.9. The van der Waals surface area contributed by atoms with E-state index in [1.54, 1.807) is 31.4 Å². The quantitative estimate of drug-likeness (QED) is 0.278. The molecule has 1 aliphatic heterocycles. The van der Waals surface area contributed by atoms with E-state index in [-0.39, 0.29) is 53.5 Å². The van der Waals surface area contributed by atoms with Gasteiger partial charge in [-0.05, 0) is 36.8 Å². The molecule has 3 rings (SSSR count). The zero-order valence-electron chi connectivity index (χ0n) is 21.5. The molecule has 1 aromatic carbocycles. The van der Waals surface area contributed by atoms with Crippen LogP contribution in [-0.4, -0.2) is 94.0 Å². The number of pyridine rings is 1. The second-order valence-corrected chi connectivity index (χ2v) is 8.95. The molecule has 4 N–H and O–H groups in total. The zero-order valence-corrected chi connectivity index (χ0v) is 22.2. The molecule has 1 aromatic heterocycles. The number of carbonyl (C=O) groups excluding carboxylic acids is 3. The molecular formula is C25H32ClN5O7. The van der Waals surface area contributed by atoms with E-state index in [1.165, 1.54) is 20.3 Å². The van der Waals surface area contributed by atoms with Crippen molar-refractivity contribution < 1.29 is 33.3 Å². The molecule has 0 unspecified atom stereocenters. The van der Waals surface area contributed by atoms with E-state index < -0.39 is 11.9 Å². The van der Waals surface area contributed by atoms with Crippen LogP contribution in [0.4, 0.5) is 11.5 Å². The number of halogens is 1. The summed E-state index contributed by atoms with van der Waals surface area (Å²) in [6.45, 7) is 1.60. The van der Waals surface area contributed by atoms with E-state index in [9.17, 15) is 14.4 Å². The number of nitrogens with one attached hydrogen (secondary N) is 2. The lowest BCUT2D eigenvalue weighted by Crippen LogP contribution is -2.55. The summed E-state index contributed by atoms with van der Waals surface area (Å²) in [5.74, 6) is -0.957. The van der Waals surface area contributed by atoms with Crippen LogP contribution in [0.2, 0.25) is 5.02 Å². The van der Waals surface area contributed by atoms with Gasteiger partial charge < -0.3 is 35.3 Å². The topological polar surface area (TPSA) is 154 Å². The number of hydrogen-bond donors (Lipinski definition) is 3. The summed E-state index contributed by atoms with van der Waals surface area (Å²) in [7, 11) is 4.47. The Hall–Kier alpha value is -3.45. The Bertz CT molecular complexity index is 1130. The van der Waals surface area contributed by atoms with E-state index in [2.05, 4.69) is 15.6 Å². The van der Waals surface area contributed by atoms with Gasteiger partial charge in [0, 0.05) is 33.0 Å². The van der Waals surface area contributed by atoms with Gasteiger partial charge in [0.2, 0.25) is 11.8 Å². The second-order valence-electron chi connectivity index (χ2n) is 8.54. The lowest BCUT2D eigenvalue weighted by molar-refractivity contribution is -0.118. The van der Waals surface area contributed by atoms with Crippen molar-refractivity contribution in [2.75, 3.05) is 65.2 Å². The minimum atomic E-state index is -0.463. The van der Waals surface area contributed by atoms with Gasteiger partial charge in [-0.2, -0.15) is 4.98 Å². The number of esters is 1. The third kappa shape index (κ3) is 7.78. The number of benzene rings is 1. The average Bonchev–Trinajstić information content (AvgIpc) is 2.91. The summed E-state index contributed by atoms with van der Waals surface area (Å²) in [6.07, 6.45) is 0.197. The molecule has 2 atom stereocenters. The molecule has 206 valence electrons. The van der Waals surface area contributed by atoms with E-state index in [1.807, 2.05) is 4.90 Å². The molecular weight excluding hydrogens is 518 g/mol. The minimum absolute atomic E-state index is 0.0674. The third-order valence-corrected chi connectivity index (χ3v) is 6.26. The molecule has 0 radical (unpaired) electrons. The van der Waals surface area contributed by atoms with Crippen LogP contribution in [0.5, 0.6) is 5.88 Å². The molecule has 13 heteroatoms. The summed E-state index contributed by atoms with van der Waals surface area (Å²) in [4.78, 5) is 43.5. The van der Waals surface area contributed by atoms with Gasteiger partial charge in [-0.15, -0.1) is 0 Å². The van der Waals surface area contributed by atoms with Gasteiger partial charge in [-0.25, -0.2) is 4.79 Å². The van der Waals surface area contributed by atoms with Crippen molar-refractivity contribution in [3.05, 3.63) is 46.5 Å². The SMILES string of the molecule is COCCOC(=O)c1ccc(NC(=O)CN2CC[C@@H](NC(=O)c3cc(Cl)c(N)nc3OC)[C@@H](OC)C2)cc1. The second kappa shape index (κ2) is 13.9. The van der Waals surface area contributed by atoms with Crippen LogP contribution in [0.15, 0.2) is 30.3 Å². The van der Waals surface area contributed by atoms with Crippen LogP contribution in [0.3, 0.4) is 0 Å². The summed E-state index contributed by atoms with van der Waals surface area (Å²) >= 11 is 6.04. The fraction of sp³-hybridized carbons (Fsp3) is 0.440. The predicted octanol–water partition coefficient (Wildman–Crippen LogP) is 1.59. The van der Waals surface area contributed by atoms with Crippen LogP contribution in [0.25, 0.3) is 0 Å². The van der Waals surface area contributed by atoms with Crippen LogP contribution in [0, 0.1) is 0 Å².